The molecular weight excluding hydrogens is 372 g/mol. The molecule has 160 valence electrons. The molecule has 2 heterocycles. The smallest absolute Gasteiger partial charge is 0.227 e. The molecule has 4 heteroatoms. The van der Waals surface area contributed by atoms with Crippen LogP contribution in [0.1, 0.15) is 41.9 Å². The van der Waals surface area contributed by atoms with E-state index >= 15 is 0 Å². The molecule has 0 bridgehead atoms. The molecule has 2 aromatic rings. The van der Waals surface area contributed by atoms with Crippen LogP contribution in [-0.4, -0.2) is 55.5 Å². The number of likely N-dealkylation sites (tertiary alicyclic amines) is 2. The van der Waals surface area contributed by atoms with Crippen LogP contribution in [0.5, 0.6) is 5.75 Å². The van der Waals surface area contributed by atoms with Gasteiger partial charge in [0.2, 0.25) is 5.91 Å². The highest BCUT2D eigenvalue weighted by Crippen LogP contribution is 2.34. The second-order valence-corrected chi connectivity index (χ2v) is 8.96. The number of aryl methyl sites for hydroxylation is 1. The van der Waals surface area contributed by atoms with Gasteiger partial charge in [-0.1, -0.05) is 48.4 Å². The summed E-state index contributed by atoms with van der Waals surface area (Å²) in [6, 6.07) is 16.8. The lowest BCUT2D eigenvalue weighted by Gasteiger charge is -2.31. The third-order valence-electron chi connectivity index (χ3n) is 6.76. The summed E-state index contributed by atoms with van der Waals surface area (Å²) in [5.41, 5.74) is 3.71. The van der Waals surface area contributed by atoms with Crippen molar-refractivity contribution in [3.05, 3.63) is 65.2 Å². The van der Waals surface area contributed by atoms with Gasteiger partial charge in [-0.25, -0.2) is 0 Å². The average molecular weight is 407 g/mol. The van der Waals surface area contributed by atoms with Crippen molar-refractivity contribution in [2.75, 3.05) is 39.8 Å². The number of amides is 1. The topological polar surface area (TPSA) is 32.8 Å². The van der Waals surface area contributed by atoms with Crippen molar-refractivity contribution in [3.63, 3.8) is 0 Å². The molecule has 2 fully saturated rings. The van der Waals surface area contributed by atoms with Crippen LogP contribution in [0.25, 0.3) is 0 Å². The zero-order chi connectivity index (χ0) is 20.9. The van der Waals surface area contributed by atoms with E-state index in [9.17, 15) is 4.79 Å². The molecule has 4 rings (SSSR count). The Kier molecular flexibility index (Phi) is 6.73. The van der Waals surface area contributed by atoms with E-state index in [0.29, 0.717) is 18.3 Å². The number of hydrogen-bond donors (Lipinski definition) is 0. The first-order valence-corrected chi connectivity index (χ1v) is 11.3. The summed E-state index contributed by atoms with van der Waals surface area (Å²) in [6.07, 6.45) is 4.43. The Hall–Kier alpha value is -2.33. The van der Waals surface area contributed by atoms with Gasteiger partial charge in [0.15, 0.2) is 0 Å². The molecule has 0 aliphatic carbocycles. The number of piperidine rings is 1. The van der Waals surface area contributed by atoms with Crippen LogP contribution < -0.4 is 4.74 Å². The highest BCUT2D eigenvalue weighted by Gasteiger charge is 2.37. The van der Waals surface area contributed by atoms with Crippen LogP contribution in [0.2, 0.25) is 0 Å². The van der Waals surface area contributed by atoms with Gasteiger partial charge in [0, 0.05) is 25.6 Å². The van der Waals surface area contributed by atoms with Crippen LogP contribution in [0, 0.1) is 12.8 Å². The molecular formula is C26H34N2O2. The zero-order valence-corrected chi connectivity index (χ0v) is 18.3. The lowest BCUT2D eigenvalue weighted by atomic mass is 9.88. The number of methoxy groups -OCH3 is 1. The lowest BCUT2D eigenvalue weighted by Crippen LogP contribution is -2.37. The zero-order valence-electron chi connectivity index (χ0n) is 18.3. The van der Waals surface area contributed by atoms with E-state index in [2.05, 4.69) is 41.0 Å². The summed E-state index contributed by atoms with van der Waals surface area (Å²) in [5.74, 6) is 1.99. The van der Waals surface area contributed by atoms with Crippen molar-refractivity contribution >= 4 is 5.91 Å². The van der Waals surface area contributed by atoms with Gasteiger partial charge in [0.1, 0.15) is 5.75 Å². The van der Waals surface area contributed by atoms with Gasteiger partial charge in [-0.3, -0.25) is 4.79 Å². The maximum atomic E-state index is 13.1. The first-order valence-electron chi connectivity index (χ1n) is 11.3. The van der Waals surface area contributed by atoms with Gasteiger partial charge < -0.3 is 14.5 Å². The van der Waals surface area contributed by atoms with Crippen LogP contribution in [-0.2, 0) is 11.2 Å². The van der Waals surface area contributed by atoms with E-state index in [0.717, 1.165) is 30.9 Å². The molecule has 0 N–H and O–H groups in total. The third-order valence-corrected chi connectivity index (χ3v) is 6.76. The maximum Gasteiger partial charge on any atom is 0.227 e. The number of carbonyl (C=O) groups excluding carboxylic acids is 1. The molecule has 2 aliphatic heterocycles. The summed E-state index contributed by atoms with van der Waals surface area (Å²) in [5, 5.41) is 0. The predicted octanol–water partition coefficient (Wildman–Crippen LogP) is 4.27. The van der Waals surface area contributed by atoms with Gasteiger partial charge in [0.05, 0.1) is 13.5 Å². The highest BCUT2D eigenvalue weighted by molar-refractivity contribution is 5.79. The predicted molar refractivity (Wildman–Crippen MR) is 121 cm³/mol. The van der Waals surface area contributed by atoms with Crippen molar-refractivity contribution in [3.8, 4) is 5.75 Å². The van der Waals surface area contributed by atoms with E-state index in [1.807, 2.05) is 24.3 Å². The second-order valence-electron chi connectivity index (χ2n) is 8.96. The van der Waals surface area contributed by atoms with E-state index in [4.69, 9.17) is 4.74 Å². The van der Waals surface area contributed by atoms with Crippen molar-refractivity contribution in [1.82, 2.24) is 9.80 Å². The molecule has 4 nitrogen and oxygen atoms in total. The molecule has 1 amide bonds. The summed E-state index contributed by atoms with van der Waals surface area (Å²) >= 11 is 0. The summed E-state index contributed by atoms with van der Waals surface area (Å²) in [7, 11) is 1.66. The molecule has 2 saturated heterocycles. The van der Waals surface area contributed by atoms with Crippen molar-refractivity contribution in [1.29, 1.82) is 0 Å². The Bertz CT molecular complexity index is 825. The first kappa shape index (κ1) is 20.9. The minimum atomic E-state index is 0.235. The highest BCUT2D eigenvalue weighted by atomic mass is 16.5. The van der Waals surface area contributed by atoms with Crippen LogP contribution >= 0.6 is 0 Å². The summed E-state index contributed by atoms with van der Waals surface area (Å²) < 4.78 is 5.23. The molecule has 2 aromatic carbocycles. The van der Waals surface area contributed by atoms with Gasteiger partial charge in [0.25, 0.3) is 0 Å². The van der Waals surface area contributed by atoms with Gasteiger partial charge in [-0.15, -0.1) is 0 Å². The Morgan fingerprint density at radius 3 is 2.33 bits per heavy atom. The number of ether oxygens (including phenoxy) is 1. The summed E-state index contributed by atoms with van der Waals surface area (Å²) in [6.45, 7) is 7.34. The summed E-state index contributed by atoms with van der Waals surface area (Å²) in [4.78, 5) is 17.8. The largest absolute Gasteiger partial charge is 0.497 e. The van der Waals surface area contributed by atoms with E-state index in [-0.39, 0.29) is 5.91 Å². The quantitative estimate of drug-likeness (QED) is 0.718. The third kappa shape index (κ3) is 5.04. The Balaban J connectivity index is 1.46. The first-order chi connectivity index (χ1) is 14.6. The van der Waals surface area contributed by atoms with Gasteiger partial charge >= 0.3 is 0 Å². The van der Waals surface area contributed by atoms with Crippen molar-refractivity contribution in [2.24, 2.45) is 5.92 Å². The Morgan fingerprint density at radius 1 is 0.967 bits per heavy atom. The Morgan fingerprint density at radius 2 is 1.67 bits per heavy atom. The molecule has 2 aliphatic rings. The van der Waals surface area contributed by atoms with E-state index < -0.39 is 0 Å². The number of carbonyl (C=O) groups is 1. The fraction of sp³-hybridized carbons (Fsp3) is 0.500. The lowest BCUT2D eigenvalue weighted by molar-refractivity contribution is -0.129. The van der Waals surface area contributed by atoms with E-state index in [1.165, 1.54) is 43.5 Å². The average Bonchev–Trinajstić information content (AvgIpc) is 3.19. The normalized spacial score (nSPS) is 22.3. The fourth-order valence-electron chi connectivity index (χ4n) is 4.95. The van der Waals surface area contributed by atoms with Gasteiger partial charge in [-0.05, 0) is 62.0 Å². The number of rotatable bonds is 6. The number of hydrogen-bond acceptors (Lipinski definition) is 3. The number of nitrogens with zero attached hydrogens (tertiary/aromatic N) is 2. The second kappa shape index (κ2) is 9.65. The number of benzene rings is 2. The van der Waals surface area contributed by atoms with Crippen LogP contribution in [0.3, 0.4) is 0 Å². The van der Waals surface area contributed by atoms with Crippen molar-refractivity contribution in [2.45, 2.75) is 38.5 Å². The molecule has 0 aromatic heterocycles. The monoisotopic (exact) mass is 406 g/mol. The molecule has 0 saturated carbocycles. The van der Waals surface area contributed by atoms with Crippen LogP contribution in [0.4, 0.5) is 0 Å². The molecule has 0 spiro atoms. The Labute approximate surface area is 180 Å². The molecule has 2 atom stereocenters. The standard InChI is InChI=1S/C26H34N2O2/c1-20-6-10-22(11-7-20)25-19-28(18-23(25)17-27-14-4-3-5-15-27)26(29)16-21-8-12-24(30-2)13-9-21/h6-13,23,25H,3-5,14-19H2,1-2H3/t23-,25+/m0/s1. The molecule has 0 unspecified atom stereocenters. The van der Waals surface area contributed by atoms with Gasteiger partial charge in [-0.2, -0.15) is 0 Å². The minimum absolute atomic E-state index is 0.235. The van der Waals surface area contributed by atoms with E-state index in [1.54, 1.807) is 7.11 Å². The SMILES string of the molecule is COc1ccc(CC(=O)N2C[C@H](CN3CCCCC3)[C@@H](c3ccc(C)cc3)C2)cc1. The molecule has 30 heavy (non-hydrogen) atoms. The fourth-order valence-corrected chi connectivity index (χ4v) is 4.95. The minimum Gasteiger partial charge on any atom is -0.497 e. The van der Waals surface area contributed by atoms with Crippen LogP contribution in [0.15, 0.2) is 48.5 Å². The molecule has 0 radical (unpaired) electrons. The van der Waals surface area contributed by atoms with Crippen molar-refractivity contribution < 1.29 is 9.53 Å². The maximum absolute atomic E-state index is 13.1.